The van der Waals surface area contributed by atoms with Crippen molar-refractivity contribution in [1.29, 1.82) is 0 Å². The number of hydrogen-bond acceptors (Lipinski definition) is 3. The molecular weight excluding hydrogens is 281 g/mol. The molecular formula is C12H14ClF3N2O. The van der Waals surface area contributed by atoms with Gasteiger partial charge in [-0.3, -0.25) is 0 Å². The van der Waals surface area contributed by atoms with E-state index in [1.165, 1.54) is 6.07 Å². The van der Waals surface area contributed by atoms with Crippen LogP contribution in [0.15, 0.2) is 6.07 Å². The molecule has 106 valence electrons. The minimum absolute atomic E-state index is 0.00689. The largest absolute Gasteiger partial charge is 0.420 e. The van der Waals surface area contributed by atoms with Crippen molar-refractivity contribution < 1.29 is 17.9 Å². The number of aromatic nitrogens is 1. The van der Waals surface area contributed by atoms with Gasteiger partial charge in [-0.15, -0.1) is 0 Å². The van der Waals surface area contributed by atoms with Crippen LogP contribution in [-0.4, -0.2) is 18.2 Å². The molecule has 1 fully saturated rings. The summed E-state index contributed by atoms with van der Waals surface area (Å²) < 4.78 is 44.2. The van der Waals surface area contributed by atoms with Crippen LogP contribution in [0, 0.1) is 5.92 Å². The highest BCUT2D eigenvalue weighted by Gasteiger charge is 2.37. The fourth-order valence-electron chi connectivity index (χ4n) is 2.33. The third kappa shape index (κ3) is 3.51. The molecule has 0 unspecified atom stereocenters. The summed E-state index contributed by atoms with van der Waals surface area (Å²) in [6.45, 7) is 1.17. The molecule has 3 nitrogen and oxygen atoms in total. The Morgan fingerprint density at radius 2 is 2.00 bits per heavy atom. The Bertz CT molecular complexity index is 459. The molecule has 0 atom stereocenters. The molecule has 7 heteroatoms. The van der Waals surface area contributed by atoms with Crippen LogP contribution in [0.4, 0.5) is 19.0 Å². The lowest BCUT2D eigenvalue weighted by Crippen LogP contribution is -2.21. The van der Waals surface area contributed by atoms with E-state index in [9.17, 15) is 13.2 Å². The van der Waals surface area contributed by atoms with Gasteiger partial charge >= 0.3 is 6.18 Å². The molecule has 2 rings (SSSR count). The number of rotatable bonds is 2. The summed E-state index contributed by atoms with van der Waals surface area (Å²) in [5.74, 6) is -0.394. The number of ether oxygens (including phenoxy) is 1. The second-order valence-electron chi connectivity index (χ2n) is 4.62. The molecule has 1 saturated heterocycles. The molecule has 1 aliphatic heterocycles. The summed E-state index contributed by atoms with van der Waals surface area (Å²) in [5.41, 5.74) is 4.64. The van der Waals surface area contributed by atoms with Gasteiger partial charge in [-0.1, -0.05) is 11.6 Å². The molecule has 0 radical (unpaired) electrons. The number of anilines is 1. The smallest absolute Gasteiger partial charge is 0.383 e. The molecule has 0 bridgehead atoms. The van der Waals surface area contributed by atoms with Crippen LogP contribution >= 0.6 is 11.6 Å². The molecule has 0 spiro atoms. The highest BCUT2D eigenvalue weighted by molar-refractivity contribution is 6.29. The van der Waals surface area contributed by atoms with Crippen molar-refractivity contribution in [2.24, 2.45) is 5.92 Å². The highest BCUT2D eigenvalue weighted by Crippen LogP contribution is 2.38. The standard InChI is InChI=1S/C12H14ClF3N2O/c13-9-6-8(5-7-1-3-19-4-2-7)10(11(17)18-9)12(14,15)16/h6-7H,1-5H2,(H2,17,18). The van der Waals surface area contributed by atoms with Gasteiger partial charge in [0.2, 0.25) is 0 Å². The summed E-state index contributed by atoms with van der Waals surface area (Å²) in [6, 6.07) is 1.26. The maximum atomic E-state index is 13.0. The van der Waals surface area contributed by atoms with E-state index in [4.69, 9.17) is 22.1 Å². The van der Waals surface area contributed by atoms with Crippen molar-refractivity contribution >= 4 is 17.4 Å². The first-order valence-electron chi connectivity index (χ1n) is 5.97. The van der Waals surface area contributed by atoms with Crippen molar-refractivity contribution in [2.75, 3.05) is 18.9 Å². The lowest BCUT2D eigenvalue weighted by atomic mass is 9.90. The Hall–Kier alpha value is -1.01. The fourth-order valence-corrected chi connectivity index (χ4v) is 2.56. The number of nitrogens with zero attached hydrogens (tertiary/aromatic N) is 1. The fraction of sp³-hybridized carbons (Fsp3) is 0.583. The zero-order valence-corrected chi connectivity index (χ0v) is 10.9. The van der Waals surface area contributed by atoms with Crippen LogP contribution in [0.3, 0.4) is 0 Å². The van der Waals surface area contributed by atoms with Crippen molar-refractivity contribution in [1.82, 2.24) is 4.98 Å². The number of halogens is 4. The Morgan fingerprint density at radius 3 is 2.58 bits per heavy atom. The van der Waals surface area contributed by atoms with Crippen LogP contribution < -0.4 is 5.73 Å². The quantitative estimate of drug-likeness (QED) is 0.851. The molecule has 19 heavy (non-hydrogen) atoms. The summed E-state index contributed by atoms with van der Waals surface area (Å²) in [5, 5.41) is -0.00689. The van der Waals surface area contributed by atoms with E-state index in [1.807, 2.05) is 0 Å². The molecule has 2 N–H and O–H groups in total. The van der Waals surface area contributed by atoms with E-state index in [2.05, 4.69) is 4.98 Å². The molecule has 0 saturated carbocycles. The monoisotopic (exact) mass is 294 g/mol. The Labute approximate surface area is 113 Å². The van der Waals surface area contributed by atoms with Crippen LogP contribution in [0.25, 0.3) is 0 Å². The molecule has 1 aromatic rings. The SMILES string of the molecule is Nc1nc(Cl)cc(CC2CCOCC2)c1C(F)(F)F. The maximum Gasteiger partial charge on any atom is 0.420 e. The first-order valence-corrected chi connectivity index (χ1v) is 6.35. The minimum atomic E-state index is -4.51. The van der Waals surface area contributed by atoms with Crippen molar-refractivity contribution in [3.63, 3.8) is 0 Å². The Morgan fingerprint density at radius 1 is 1.37 bits per heavy atom. The van der Waals surface area contributed by atoms with Crippen molar-refractivity contribution in [3.8, 4) is 0 Å². The summed E-state index contributed by atoms with van der Waals surface area (Å²) >= 11 is 5.71. The van der Waals surface area contributed by atoms with E-state index in [-0.39, 0.29) is 16.6 Å². The Kier molecular flexibility index (Phi) is 4.20. The molecule has 2 heterocycles. The van der Waals surface area contributed by atoms with Gasteiger partial charge in [0.05, 0.1) is 0 Å². The van der Waals surface area contributed by atoms with Crippen LogP contribution in [0.2, 0.25) is 5.15 Å². The molecule has 0 aromatic carbocycles. The van der Waals surface area contributed by atoms with Gasteiger partial charge in [-0.25, -0.2) is 4.98 Å². The minimum Gasteiger partial charge on any atom is -0.383 e. The van der Waals surface area contributed by atoms with E-state index in [0.29, 0.717) is 19.6 Å². The lowest BCUT2D eigenvalue weighted by molar-refractivity contribution is -0.137. The van der Waals surface area contributed by atoms with Crippen molar-refractivity contribution in [2.45, 2.75) is 25.4 Å². The Balaban J connectivity index is 2.31. The van der Waals surface area contributed by atoms with Crippen LogP contribution in [0.1, 0.15) is 24.0 Å². The normalized spacial score (nSPS) is 17.7. The lowest BCUT2D eigenvalue weighted by Gasteiger charge is -2.24. The van der Waals surface area contributed by atoms with E-state index >= 15 is 0 Å². The van der Waals surface area contributed by atoms with Gasteiger partial charge in [0, 0.05) is 13.2 Å². The van der Waals surface area contributed by atoms with Crippen LogP contribution in [-0.2, 0) is 17.3 Å². The third-order valence-corrected chi connectivity index (χ3v) is 3.42. The van der Waals surface area contributed by atoms with Gasteiger partial charge in [0.15, 0.2) is 0 Å². The van der Waals surface area contributed by atoms with Gasteiger partial charge in [0.1, 0.15) is 16.5 Å². The van der Waals surface area contributed by atoms with Crippen LogP contribution in [0.5, 0.6) is 0 Å². The number of hydrogen-bond donors (Lipinski definition) is 1. The predicted octanol–water partition coefficient (Wildman–Crippen LogP) is 3.31. The molecule has 0 amide bonds. The van der Waals surface area contributed by atoms with Gasteiger partial charge in [-0.05, 0) is 36.8 Å². The predicted molar refractivity (Wildman–Crippen MR) is 65.9 cm³/mol. The van der Waals surface area contributed by atoms with Crippen molar-refractivity contribution in [3.05, 3.63) is 22.3 Å². The van der Waals surface area contributed by atoms with Gasteiger partial charge in [-0.2, -0.15) is 13.2 Å². The zero-order valence-electron chi connectivity index (χ0n) is 10.1. The summed E-state index contributed by atoms with van der Waals surface area (Å²) in [6.07, 6.45) is -2.72. The molecule has 1 aliphatic rings. The molecule has 0 aliphatic carbocycles. The van der Waals surface area contributed by atoms with Gasteiger partial charge < -0.3 is 10.5 Å². The summed E-state index contributed by atoms with van der Waals surface area (Å²) in [4.78, 5) is 3.49. The maximum absolute atomic E-state index is 13.0. The topological polar surface area (TPSA) is 48.1 Å². The summed E-state index contributed by atoms with van der Waals surface area (Å²) in [7, 11) is 0. The second-order valence-corrected chi connectivity index (χ2v) is 5.01. The van der Waals surface area contributed by atoms with E-state index in [0.717, 1.165) is 12.8 Å². The average Bonchev–Trinajstić information content (AvgIpc) is 2.27. The van der Waals surface area contributed by atoms with E-state index < -0.39 is 17.6 Å². The van der Waals surface area contributed by atoms with Gasteiger partial charge in [0.25, 0.3) is 0 Å². The number of pyridine rings is 1. The zero-order chi connectivity index (χ0) is 14.0. The number of nitrogen functional groups attached to an aromatic ring is 1. The first kappa shape index (κ1) is 14.4. The number of nitrogens with two attached hydrogens (primary N) is 1. The third-order valence-electron chi connectivity index (χ3n) is 3.23. The number of alkyl halides is 3. The highest BCUT2D eigenvalue weighted by atomic mass is 35.5. The second kappa shape index (κ2) is 5.54. The first-order chi connectivity index (χ1) is 8.88. The molecule has 1 aromatic heterocycles. The average molecular weight is 295 g/mol. The van der Waals surface area contributed by atoms with E-state index in [1.54, 1.807) is 0 Å².